The van der Waals surface area contributed by atoms with Gasteiger partial charge in [0.15, 0.2) is 5.82 Å². The van der Waals surface area contributed by atoms with E-state index in [9.17, 15) is 4.39 Å². The Bertz CT molecular complexity index is 507. The third kappa shape index (κ3) is 2.11. The molecule has 0 amide bonds. The van der Waals surface area contributed by atoms with E-state index in [0.717, 1.165) is 5.69 Å². The van der Waals surface area contributed by atoms with Gasteiger partial charge in [0, 0.05) is 10.9 Å². The average Bonchev–Trinajstić information content (AvgIpc) is 2.71. The molecule has 0 radical (unpaired) electrons. The molecule has 0 aliphatic carbocycles. The maximum atomic E-state index is 13.7. The molecular weight excluding hydrogens is 245 g/mol. The first-order chi connectivity index (χ1) is 7.59. The number of hydrogen-bond donors (Lipinski definition) is 0. The Morgan fingerprint density at radius 2 is 2.12 bits per heavy atom. The summed E-state index contributed by atoms with van der Waals surface area (Å²) in [6.07, 6.45) is 0. The molecule has 0 N–H and O–H groups in total. The van der Waals surface area contributed by atoms with E-state index in [4.69, 9.17) is 11.6 Å². The topological polar surface area (TPSA) is 12.9 Å². The molecule has 2 rings (SSSR count). The molecule has 4 heteroatoms. The van der Waals surface area contributed by atoms with E-state index >= 15 is 0 Å². The number of thiazole rings is 1. The van der Waals surface area contributed by atoms with Gasteiger partial charge in [-0.05, 0) is 18.1 Å². The minimum absolute atomic E-state index is 0.138. The number of rotatable bonds is 2. The summed E-state index contributed by atoms with van der Waals surface area (Å²) in [6, 6.07) is 4.97. The molecule has 0 saturated carbocycles. The van der Waals surface area contributed by atoms with Gasteiger partial charge in [0.1, 0.15) is 5.01 Å². The zero-order valence-corrected chi connectivity index (χ0v) is 10.6. The van der Waals surface area contributed by atoms with Crippen molar-refractivity contribution in [3.05, 3.63) is 40.1 Å². The maximum Gasteiger partial charge on any atom is 0.152 e. The van der Waals surface area contributed by atoms with Gasteiger partial charge in [-0.15, -0.1) is 11.3 Å². The number of hydrogen-bond acceptors (Lipinski definition) is 2. The zero-order chi connectivity index (χ0) is 11.7. The van der Waals surface area contributed by atoms with Crippen LogP contribution in [0.4, 0.5) is 4.39 Å². The van der Waals surface area contributed by atoms with Crippen molar-refractivity contribution >= 4 is 22.9 Å². The second-order valence-corrected chi connectivity index (χ2v) is 5.10. The van der Waals surface area contributed by atoms with Gasteiger partial charge in [0.2, 0.25) is 0 Å². The lowest BCUT2D eigenvalue weighted by Gasteiger charge is -2.01. The lowest BCUT2D eigenvalue weighted by atomic mass is 10.1. The summed E-state index contributed by atoms with van der Waals surface area (Å²) in [5, 5.41) is 2.78. The summed E-state index contributed by atoms with van der Waals surface area (Å²) < 4.78 is 13.7. The molecule has 16 heavy (non-hydrogen) atoms. The van der Waals surface area contributed by atoms with Crippen LogP contribution in [0.15, 0.2) is 23.6 Å². The Morgan fingerprint density at radius 1 is 1.38 bits per heavy atom. The van der Waals surface area contributed by atoms with Gasteiger partial charge in [0.25, 0.3) is 0 Å². The first-order valence-corrected chi connectivity index (χ1v) is 6.25. The number of halogens is 2. The first kappa shape index (κ1) is 11.6. The third-order valence-corrected chi connectivity index (χ3v) is 3.48. The molecule has 84 valence electrons. The summed E-state index contributed by atoms with van der Waals surface area (Å²) in [6.45, 7) is 4.13. The molecule has 0 unspecified atom stereocenters. The van der Waals surface area contributed by atoms with Crippen LogP contribution in [0.3, 0.4) is 0 Å². The molecule has 1 nitrogen and oxygen atoms in total. The fraction of sp³-hybridized carbons (Fsp3) is 0.250. The quantitative estimate of drug-likeness (QED) is 0.756. The largest absolute Gasteiger partial charge is 0.241 e. The van der Waals surface area contributed by atoms with Crippen molar-refractivity contribution in [2.75, 3.05) is 0 Å². The van der Waals surface area contributed by atoms with Crippen LogP contribution in [0.2, 0.25) is 5.02 Å². The molecule has 0 aliphatic heterocycles. The zero-order valence-electron chi connectivity index (χ0n) is 9.00. The van der Waals surface area contributed by atoms with E-state index in [1.165, 1.54) is 17.4 Å². The van der Waals surface area contributed by atoms with E-state index in [2.05, 4.69) is 18.8 Å². The molecule has 1 aromatic heterocycles. The number of aromatic nitrogens is 1. The Kier molecular flexibility index (Phi) is 3.26. The van der Waals surface area contributed by atoms with Crippen LogP contribution in [0.25, 0.3) is 10.6 Å². The summed E-state index contributed by atoms with van der Waals surface area (Å²) in [4.78, 5) is 4.40. The summed E-state index contributed by atoms with van der Waals surface area (Å²) >= 11 is 7.18. The molecule has 2 aromatic rings. The predicted molar refractivity (Wildman–Crippen MR) is 66.6 cm³/mol. The Hall–Kier alpha value is -0.930. The molecule has 1 aromatic carbocycles. The molecule has 0 fully saturated rings. The van der Waals surface area contributed by atoms with E-state index in [1.807, 2.05) is 5.38 Å². The summed E-state index contributed by atoms with van der Waals surface area (Å²) in [5.41, 5.74) is 1.46. The van der Waals surface area contributed by atoms with Crippen LogP contribution in [0.1, 0.15) is 25.5 Å². The van der Waals surface area contributed by atoms with E-state index in [1.54, 1.807) is 12.1 Å². The smallest absolute Gasteiger partial charge is 0.152 e. The van der Waals surface area contributed by atoms with Crippen molar-refractivity contribution < 1.29 is 4.39 Å². The third-order valence-electron chi connectivity index (χ3n) is 2.30. The van der Waals surface area contributed by atoms with Crippen molar-refractivity contribution in [1.29, 1.82) is 0 Å². The second kappa shape index (κ2) is 4.52. The number of nitrogens with zero attached hydrogens (tertiary/aromatic N) is 1. The highest BCUT2D eigenvalue weighted by Crippen LogP contribution is 2.31. The van der Waals surface area contributed by atoms with E-state index < -0.39 is 5.82 Å². The van der Waals surface area contributed by atoms with Crippen LogP contribution < -0.4 is 0 Å². The van der Waals surface area contributed by atoms with Gasteiger partial charge >= 0.3 is 0 Å². The van der Waals surface area contributed by atoms with Crippen LogP contribution in [-0.2, 0) is 0 Å². The van der Waals surface area contributed by atoms with Crippen LogP contribution in [0, 0.1) is 5.82 Å². The van der Waals surface area contributed by atoms with Gasteiger partial charge < -0.3 is 0 Å². The van der Waals surface area contributed by atoms with Crippen LogP contribution in [-0.4, -0.2) is 4.98 Å². The van der Waals surface area contributed by atoms with Gasteiger partial charge in [0.05, 0.1) is 10.7 Å². The standard InChI is InChI=1S/C12H11ClFNS/c1-7(2)10-6-16-12(15-10)8-4-3-5-9(13)11(8)14/h3-7H,1-2H3. The van der Waals surface area contributed by atoms with Crippen molar-refractivity contribution in [3.63, 3.8) is 0 Å². The van der Waals surface area contributed by atoms with Gasteiger partial charge in [-0.25, -0.2) is 9.37 Å². The molecular formula is C12H11ClFNS. The lowest BCUT2D eigenvalue weighted by Crippen LogP contribution is -1.88. The maximum absolute atomic E-state index is 13.7. The van der Waals surface area contributed by atoms with Gasteiger partial charge in [-0.3, -0.25) is 0 Å². The number of benzene rings is 1. The second-order valence-electron chi connectivity index (χ2n) is 3.83. The van der Waals surface area contributed by atoms with Crippen molar-refractivity contribution in [2.45, 2.75) is 19.8 Å². The fourth-order valence-corrected chi connectivity index (χ4v) is 2.52. The molecule has 0 spiro atoms. The first-order valence-electron chi connectivity index (χ1n) is 4.99. The van der Waals surface area contributed by atoms with Crippen molar-refractivity contribution in [1.82, 2.24) is 4.98 Å². The minimum Gasteiger partial charge on any atom is -0.241 e. The van der Waals surface area contributed by atoms with E-state index in [-0.39, 0.29) is 5.02 Å². The summed E-state index contributed by atoms with van der Waals surface area (Å²) in [7, 11) is 0. The molecule has 0 aliphatic rings. The predicted octanol–water partition coefficient (Wildman–Crippen LogP) is 4.73. The molecule has 0 atom stereocenters. The van der Waals surface area contributed by atoms with E-state index in [0.29, 0.717) is 16.5 Å². The Morgan fingerprint density at radius 3 is 2.75 bits per heavy atom. The normalized spacial score (nSPS) is 11.1. The SMILES string of the molecule is CC(C)c1csc(-c2cccc(Cl)c2F)n1. The molecule has 0 saturated heterocycles. The van der Waals surface area contributed by atoms with Crippen molar-refractivity contribution in [3.8, 4) is 10.6 Å². The Balaban J connectivity index is 2.47. The van der Waals surface area contributed by atoms with Crippen LogP contribution >= 0.6 is 22.9 Å². The Labute approximate surface area is 103 Å². The minimum atomic E-state index is -0.395. The van der Waals surface area contributed by atoms with Crippen molar-refractivity contribution in [2.24, 2.45) is 0 Å². The highest BCUT2D eigenvalue weighted by atomic mass is 35.5. The molecule has 0 bridgehead atoms. The highest BCUT2D eigenvalue weighted by molar-refractivity contribution is 7.13. The van der Waals surface area contributed by atoms with Gasteiger partial charge in [-0.1, -0.05) is 31.5 Å². The average molecular weight is 256 g/mol. The highest BCUT2D eigenvalue weighted by Gasteiger charge is 2.13. The lowest BCUT2D eigenvalue weighted by molar-refractivity contribution is 0.631. The monoisotopic (exact) mass is 255 g/mol. The van der Waals surface area contributed by atoms with Gasteiger partial charge in [-0.2, -0.15) is 0 Å². The summed E-state index contributed by atoms with van der Waals surface area (Å²) in [5.74, 6) is -0.0407. The fourth-order valence-electron chi connectivity index (χ4n) is 1.34. The van der Waals surface area contributed by atoms with Crippen LogP contribution in [0.5, 0.6) is 0 Å². The molecule has 1 heterocycles.